The summed E-state index contributed by atoms with van der Waals surface area (Å²) in [4.78, 5) is 6.05. The molecule has 3 rings (SSSR count). The molecule has 0 aliphatic carbocycles. The quantitative estimate of drug-likeness (QED) is 0.763. The molecule has 118 valence electrons. The average molecular weight is 423 g/mol. The fraction of sp³-hybridized carbons (Fsp3) is 0.308. The highest BCUT2D eigenvalue weighted by Gasteiger charge is 2.30. The van der Waals surface area contributed by atoms with Crippen molar-refractivity contribution in [1.82, 2.24) is 9.29 Å². The second kappa shape index (κ2) is 6.45. The molecule has 1 fully saturated rings. The predicted molar refractivity (Wildman–Crippen MR) is 92.2 cm³/mol. The van der Waals surface area contributed by atoms with E-state index in [1.54, 1.807) is 24.5 Å². The number of aromatic nitrogens is 1. The smallest absolute Gasteiger partial charge is 0.252 e. The van der Waals surface area contributed by atoms with E-state index in [1.807, 2.05) is 6.07 Å². The van der Waals surface area contributed by atoms with Gasteiger partial charge in [-0.15, -0.1) is 11.3 Å². The molecule has 2 aromatic heterocycles. The Morgan fingerprint density at radius 2 is 1.91 bits per heavy atom. The van der Waals surface area contributed by atoms with Crippen molar-refractivity contribution in [2.24, 2.45) is 0 Å². The molecule has 0 radical (unpaired) electrons. The van der Waals surface area contributed by atoms with Crippen LogP contribution in [0, 0.1) is 0 Å². The largest absolute Gasteiger partial charge is 0.368 e. The first-order valence-electron chi connectivity index (χ1n) is 6.58. The van der Waals surface area contributed by atoms with Gasteiger partial charge in [0.05, 0.1) is 14.5 Å². The maximum Gasteiger partial charge on any atom is 0.252 e. The molecule has 0 spiro atoms. The van der Waals surface area contributed by atoms with Crippen LogP contribution < -0.4 is 4.90 Å². The van der Waals surface area contributed by atoms with Crippen molar-refractivity contribution in [2.45, 2.75) is 4.21 Å². The van der Waals surface area contributed by atoms with Gasteiger partial charge in [-0.2, -0.15) is 4.31 Å². The van der Waals surface area contributed by atoms with E-state index in [1.165, 1.54) is 15.6 Å². The van der Waals surface area contributed by atoms with Crippen LogP contribution in [0.4, 0.5) is 5.69 Å². The summed E-state index contributed by atoms with van der Waals surface area (Å²) in [6.45, 7) is 2.10. The maximum atomic E-state index is 12.6. The third-order valence-corrected chi connectivity index (χ3v) is 7.75. The molecular formula is C13H13BrClN3O2S2. The molecule has 0 saturated carbocycles. The molecule has 0 N–H and O–H groups in total. The van der Waals surface area contributed by atoms with Gasteiger partial charge in [-0.1, -0.05) is 11.6 Å². The maximum absolute atomic E-state index is 12.6. The third kappa shape index (κ3) is 3.16. The zero-order chi connectivity index (χ0) is 15.7. The van der Waals surface area contributed by atoms with E-state index in [0.29, 0.717) is 35.4 Å². The van der Waals surface area contributed by atoms with Crippen LogP contribution in [-0.4, -0.2) is 43.9 Å². The molecule has 2 aromatic rings. The summed E-state index contributed by atoms with van der Waals surface area (Å²) in [7, 11) is -3.41. The summed E-state index contributed by atoms with van der Waals surface area (Å²) in [5.41, 5.74) is 0.896. The minimum absolute atomic E-state index is 0.370. The number of thiophene rings is 1. The van der Waals surface area contributed by atoms with Crippen molar-refractivity contribution >= 4 is 54.6 Å². The van der Waals surface area contributed by atoms with E-state index in [4.69, 9.17) is 11.6 Å². The first-order valence-corrected chi connectivity index (χ1v) is 10.0. The van der Waals surface area contributed by atoms with Gasteiger partial charge in [-0.3, -0.25) is 4.98 Å². The fourth-order valence-electron chi connectivity index (χ4n) is 2.36. The average Bonchev–Trinajstić information content (AvgIpc) is 2.95. The molecule has 0 amide bonds. The lowest BCUT2D eigenvalue weighted by Gasteiger charge is -2.35. The topological polar surface area (TPSA) is 53.5 Å². The fourth-order valence-corrected chi connectivity index (χ4v) is 6.18. The molecule has 9 heteroatoms. The van der Waals surface area contributed by atoms with Crippen molar-refractivity contribution in [3.63, 3.8) is 0 Å². The molecule has 0 unspecified atom stereocenters. The Balaban J connectivity index is 1.73. The standard InChI is InChI=1S/C13H13BrClN3O2S2/c14-12-1-2-13(21-12)22(19,20)18-7-5-17(6-8-18)11-3-4-16-9-10(11)15/h1-4,9H,5-8H2. The van der Waals surface area contributed by atoms with Crippen LogP contribution in [0.15, 0.2) is 38.6 Å². The Morgan fingerprint density at radius 3 is 2.50 bits per heavy atom. The van der Waals surface area contributed by atoms with E-state index in [0.717, 1.165) is 9.47 Å². The molecule has 5 nitrogen and oxygen atoms in total. The Labute approximate surface area is 146 Å². The summed E-state index contributed by atoms with van der Waals surface area (Å²) in [5.74, 6) is 0. The van der Waals surface area contributed by atoms with Crippen LogP contribution >= 0.6 is 38.9 Å². The van der Waals surface area contributed by atoms with E-state index >= 15 is 0 Å². The number of anilines is 1. The number of halogens is 2. The van der Waals surface area contributed by atoms with Gasteiger partial charge in [0.15, 0.2) is 0 Å². The van der Waals surface area contributed by atoms with Crippen molar-refractivity contribution in [3.05, 3.63) is 39.4 Å². The Bertz CT molecular complexity index is 773. The van der Waals surface area contributed by atoms with Crippen LogP contribution in [0.3, 0.4) is 0 Å². The van der Waals surface area contributed by atoms with E-state index in [9.17, 15) is 8.42 Å². The second-order valence-corrected chi connectivity index (χ2v) is 9.81. The van der Waals surface area contributed by atoms with Gasteiger partial charge < -0.3 is 4.90 Å². The minimum Gasteiger partial charge on any atom is -0.368 e. The number of pyridine rings is 1. The van der Waals surface area contributed by atoms with Gasteiger partial charge in [0, 0.05) is 38.6 Å². The number of nitrogens with zero attached hydrogens (tertiary/aromatic N) is 3. The van der Waals surface area contributed by atoms with Gasteiger partial charge in [0.25, 0.3) is 10.0 Å². The monoisotopic (exact) mass is 421 g/mol. The summed E-state index contributed by atoms with van der Waals surface area (Å²) in [6.07, 6.45) is 3.29. The SMILES string of the molecule is O=S(=O)(c1ccc(Br)s1)N1CCN(c2ccncc2Cl)CC1. The summed E-state index contributed by atoms with van der Waals surface area (Å²) in [6, 6.07) is 5.24. The van der Waals surface area contributed by atoms with E-state index < -0.39 is 10.0 Å². The molecule has 0 atom stereocenters. The van der Waals surface area contributed by atoms with Crippen LogP contribution in [-0.2, 0) is 10.0 Å². The van der Waals surface area contributed by atoms with Gasteiger partial charge >= 0.3 is 0 Å². The summed E-state index contributed by atoms with van der Waals surface area (Å²) >= 11 is 10.7. The number of sulfonamides is 1. The first kappa shape index (κ1) is 16.2. The number of hydrogen-bond acceptors (Lipinski definition) is 5. The molecule has 22 heavy (non-hydrogen) atoms. The predicted octanol–water partition coefficient (Wildman–Crippen LogP) is 3.07. The highest BCUT2D eigenvalue weighted by molar-refractivity contribution is 9.11. The molecule has 0 aromatic carbocycles. The summed E-state index contributed by atoms with van der Waals surface area (Å²) in [5, 5.41) is 0.584. The molecule has 0 bridgehead atoms. The highest BCUT2D eigenvalue weighted by atomic mass is 79.9. The van der Waals surface area contributed by atoms with Crippen LogP contribution in [0.1, 0.15) is 0 Å². The van der Waals surface area contributed by atoms with Crippen molar-refractivity contribution in [1.29, 1.82) is 0 Å². The number of piperazine rings is 1. The zero-order valence-corrected chi connectivity index (χ0v) is 15.4. The second-order valence-electron chi connectivity index (χ2n) is 4.78. The lowest BCUT2D eigenvalue weighted by molar-refractivity contribution is 0.386. The van der Waals surface area contributed by atoms with Gasteiger partial charge in [0.1, 0.15) is 4.21 Å². The third-order valence-electron chi connectivity index (χ3n) is 3.47. The normalized spacial score (nSPS) is 16.9. The van der Waals surface area contributed by atoms with Crippen LogP contribution in [0.25, 0.3) is 0 Å². The molecule has 3 heterocycles. The van der Waals surface area contributed by atoms with Crippen molar-refractivity contribution in [3.8, 4) is 0 Å². The molecular weight excluding hydrogens is 410 g/mol. The zero-order valence-electron chi connectivity index (χ0n) is 11.4. The minimum atomic E-state index is -3.41. The molecule has 1 aliphatic heterocycles. The van der Waals surface area contributed by atoms with E-state index in [-0.39, 0.29) is 0 Å². The van der Waals surface area contributed by atoms with Crippen LogP contribution in [0.2, 0.25) is 5.02 Å². The van der Waals surface area contributed by atoms with Gasteiger partial charge in [-0.05, 0) is 34.1 Å². The molecule has 1 saturated heterocycles. The van der Waals surface area contributed by atoms with Crippen molar-refractivity contribution < 1.29 is 8.42 Å². The first-order chi connectivity index (χ1) is 10.5. The number of hydrogen-bond donors (Lipinski definition) is 0. The Kier molecular flexibility index (Phi) is 4.75. The number of rotatable bonds is 3. The molecule has 1 aliphatic rings. The van der Waals surface area contributed by atoms with Crippen molar-refractivity contribution in [2.75, 3.05) is 31.1 Å². The van der Waals surface area contributed by atoms with Gasteiger partial charge in [0.2, 0.25) is 0 Å². The van der Waals surface area contributed by atoms with Gasteiger partial charge in [-0.25, -0.2) is 8.42 Å². The van der Waals surface area contributed by atoms with Crippen LogP contribution in [0.5, 0.6) is 0 Å². The Morgan fingerprint density at radius 1 is 1.18 bits per heavy atom. The lowest BCUT2D eigenvalue weighted by atomic mass is 10.3. The Hall–Kier alpha value is -0.670. The highest BCUT2D eigenvalue weighted by Crippen LogP contribution is 2.30. The lowest BCUT2D eigenvalue weighted by Crippen LogP contribution is -2.48. The van der Waals surface area contributed by atoms with E-state index in [2.05, 4.69) is 25.8 Å². The summed E-state index contributed by atoms with van der Waals surface area (Å²) < 4.78 is 27.9.